The summed E-state index contributed by atoms with van der Waals surface area (Å²) in [6, 6.07) is 2.37. The number of hydrogen-bond acceptors (Lipinski definition) is 3. The van der Waals surface area contributed by atoms with Gasteiger partial charge in [-0.15, -0.1) is 0 Å². The molecule has 3 heterocycles. The van der Waals surface area contributed by atoms with Crippen molar-refractivity contribution >= 4 is 0 Å². The third kappa shape index (κ3) is 3.23. The van der Waals surface area contributed by atoms with Gasteiger partial charge in [0.2, 0.25) is 0 Å². The van der Waals surface area contributed by atoms with E-state index in [0.29, 0.717) is 0 Å². The van der Waals surface area contributed by atoms with Crippen LogP contribution in [-0.2, 0) is 13.5 Å². The Kier molecular flexibility index (Phi) is 4.41. The van der Waals surface area contributed by atoms with Crippen LogP contribution in [0.4, 0.5) is 0 Å². The predicted octanol–water partition coefficient (Wildman–Crippen LogP) is 1.96. The summed E-state index contributed by atoms with van der Waals surface area (Å²) in [5.74, 6) is 0. The van der Waals surface area contributed by atoms with Crippen molar-refractivity contribution in [1.82, 2.24) is 20.0 Å². The molecule has 0 radical (unpaired) electrons. The van der Waals surface area contributed by atoms with E-state index in [1.54, 1.807) is 0 Å². The molecule has 20 heavy (non-hydrogen) atoms. The topological polar surface area (TPSA) is 33.1 Å². The van der Waals surface area contributed by atoms with Crippen molar-refractivity contribution < 1.29 is 0 Å². The maximum atomic E-state index is 4.28. The van der Waals surface area contributed by atoms with Gasteiger partial charge in [-0.05, 0) is 50.6 Å². The molecule has 2 aliphatic heterocycles. The normalized spacial score (nSPS) is 29.2. The maximum absolute atomic E-state index is 4.28. The van der Waals surface area contributed by atoms with Crippen molar-refractivity contribution in [2.24, 2.45) is 7.05 Å². The molecule has 0 spiro atoms. The van der Waals surface area contributed by atoms with Gasteiger partial charge >= 0.3 is 0 Å². The van der Waals surface area contributed by atoms with Crippen LogP contribution < -0.4 is 5.32 Å². The second-order valence-electron chi connectivity index (χ2n) is 6.57. The zero-order valence-electron chi connectivity index (χ0n) is 12.9. The molecule has 1 aromatic heterocycles. The Labute approximate surface area is 122 Å². The minimum atomic E-state index is 0.788. The molecule has 2 saturated heterocycles. The van der Waals surface area contributed by atoms with E-state index < -0.39 is 0 Å². The van der Waals surface area contributed by atoms with Gasteiger partial charge in [0, 0.05) is 37.9 Å². The van der Waals surface area contributed by atoms with Gasteiger partial charge in [0.05, 0.1) is 6.20 Å². The standard InChI is InChI=1S/C16H28N4/c1-3-7-20(8-6-13-11-17-19(2)12-13)16-9-14-4-5-15(10-16)18-14/h11-12,14-16,18H,3-10H2,1-2H3. The molecule has 3 rings (SSSR count). The number of rotatable bonds is 6. The third-order valence-corrected chi connectivity index (χ3v) is 4.92. The van der Waals surface area contributed by atoms with E-state index in [2.05, 4.69) is 28.4 Å². The van der Waals surface area contributed by atoms with Crippen molar-refractivity contribution in [2.45, 2.75) is 63.6 Å². The number of nitrogens with zero attached hydrogens (tertiary/aromatic N) is 3. The first-order valence-corrected chi connectivity index (χ1v) is 8.22. The predicted molar refractivity (Wildman–Crippen MR) is 81.7 cm³/mol. The second kappa shape index (κ2) is 6.27. The fourth-order valence-corrected chi connectivity index (χ4v) is 3.96. The van der Waals surface area contributed by atoms with Gasteiger partial charge in [0.1, 0.15) is 0 Å². The quantitative estimate of drug-likeness (QED) is 0.862. The minimum Gasteiger partial charge on any atom is -0.311 e. The van der Waals surface area contributed by atoms with Crippen molar-refractivity contribution in [3.63, 3.8) is 0 Å². The summed E-state index contributed by atoms with van der Waals surface area (Å²) >= 11 is 0. The molecule has 2 atom stereocenters. The van der Waals surface area contributed by atoms with Gasteiger partial charge < -0.3 is 5.32 Å². The summed E-state index contributed by atoms with van der Waals surface area (Å²) < 4.78 is 1.91. The summed E-state index contributed by atoms with van der Waals surface area (Å²) in [7, 11) is 2.00. The average molecular weight is 276 g/mol. The summed E-state index contributed by atoms with van der Waals surface area (Å²) in [6.07, 6.45) is 12.0. The zero-order valence-corrected chi connectivity index (χ0v) is 12.9. The van der Waals surface area contributed by atoms with Crippen LogP contribution in [0.15, 0.2) is 12.4 Å². The summed E-state index contributed by atoms with van der Waals surface area (Å²) in [5.41, 5.74) is 1.37. The molecule has 0 aromatic carbocycles. The lowest BCUT2D eigenvalue weighted by Crippen LogP contribution is -2.49. The van der Waals surface area contributed by atoms with E-state index in [1.165, 1.54) is 50.8 Å². The van der Waals surface area contributed by atoms with Crippen LogP contribution in [0.1, 0.15) is 44.6 Å². The first kappa shape index (κ1) is 14.1. The Bertz CT molecular complexity index is 416. The Morgan fingerprint density at radius 3 is 2.65 bits per heavy atom. The molecule has 4 heteroatoms. The average Bonchev–Trinajstić information content (AvgIpc) is 3.00. The molecule has 0 saturated carbocycles. The molecule has 2 fully saturated rings. The molecular weight excluding hydrogens is 248 g/mol. The molecule has 0 aliphatic carbocycles. The maximum Gasteiger partial charge on any atom is 0.0522 e. The van der Waals surface area contributed by atoms with Gasteiger partial charge in [0.15, 0.2) is 0 Å². The van der Waals surface area contributed by atoms with Crippen molar-refractivity contribution in [3.05, 3.63) is 18.0 Å². The summed E-state index contributed by atoms with van der Waals surface area (Å²) in [6.45, 7) is 4.72. The number of aromatic nitrogens is 2. The fraction of sp³-hybridized carbons (Fsp3) is 0.812. The molecule has 2 unspecified atom stereocenters. The third-order valence-electron chi connectivity index (χ3n) is 4.92. The highest BCUT2D eigenvalue weighted by molar-refractivity contribution is 5.04. The van der Waals surface area contributed by atoms with Gasteiger partial charge in [-0.2, -0.15) is 5.10 Å². The van der Waals surface area contributed by atoms with Crippen molar-refractivity contribution in [1.29, 1.82) is 0 Å². The first-order valence-electron chi connectivity index (χ1n) is 8.22. The van der Waals surface area contributed by atoms with Crippen molar-refractivity contribution in [3.8, 4) is 0 Å². The van der Waals surface area contributed by atoms with Gasteiger partial charge in [0.25, 0.3) is 0 Å². The van der Waals surface area contributed by atoms with Crippen LogP contribution in [0.5, 0.6) is 0 Å². The van der Waals surface area contributed by atoms with Crippen LogP contribution in [-0.4, -0.2) is 45.9 Å². The molecule has 2 bridgehead atoms. The van der Waals surface area contributed by atoms with Gasteiger partial charge in [-0.1, -0.05) is 6.92 Å². The molecule has 112 valence electrons. The SMILES string of the molecule is CCCN(CCc1cnn(C)c1)C1CC2CCC(C1)N2. The zero-order chi connectivity index (χ0) is 13.9. The monoisotopic (exact) mass is 276 g/mol. The fourth-order valence-electron chi connectivity index (χ4n) is 3.96. The molecule has 0 amide bonds. The summed E-state index contributed by atoms with van der Waals surface area (Å²) in [4.78, 5) is 2.74. The Morgan fingerprint density at radius 2 is 2.05 bits per heavy atom. The largest absolute Gasteiger partial charge is 0.311 e. The van der Waals surface area contributed by atoms with Crippen molar-refractivity contribution in [2.75, 3.05) is 13.1 Å². The number of fused-ring (bicyclic) bond motifs is 2. The molecular formula is C16H28N4. The van der Waals surface area contributed by atoms with E-state index in [1.807, 2.05) is 17.9 Å². The van der Waals surface area contributed by atoms with E-state index in [9.17, 15) is 0 Å². The van der Waals surface area contributed by atoms with Crippen LogP contribution >= 0.6 is 0 Å². The van der Waals surface area contributed by atoms with Crippen LogP contribution in [0.2, 0.25) is 0 Å². The number of nitrogens with one attached hydrogen (secondary N) is 1. The number of piperidine rings is 1. The van der Waals surface area contributed by atoms with E-state index in [-0.39, 0.29) is 0 Å². The van der Waals surface area contributed by atoms with Crippen LogP contribution in [0.3, 0.4) is 0 Å². The Balaban J connectivity index is 1.57. The van der Waals surface area contributed by atoms with E-state index in [4.69, 9.17) is 0 Å². The Hall–Kier alpha value is -0.870. The van der Waals surface area contributed by atoms with E-state index in [0.717, 1.165) is 24.5 Å². The number of aryl methyl sites for hydroxylation is 1. The highest BCUT2D eigenvalue weighted by atomic mass is 15.2. The molecule has 2 aliphatic rings. The summed E-state index contributed by atoms with van der Waals surface area (Å²) in [5, 5.41) is 8.03. The highest BCUT2D eigenvalue weighted by Crippen LogP contribution is 2.29. The van der Waals surface area contributed by atoms with Gasteiger partial charge in [-0.3, -0.25) is 9.58 Å². The lowest BCUT2D eigenvalue weighted by Gasteiger charge is -2.37. The molecule has 4 nitrogen and oxygen atoms in total. The Morgan fingerprint density at radius 1 is 1.30 bits per heavy atom. The number of hydrogen-bond donors (Lipinski definition) is 1. The van der Waals surface area contributed by atoms with Gasteiger partial charge in [-0.25, -0.2) is 0 Å². The molecule has 1 N–H and O–H groups in total. The first-order chi connectivity index (χ1) is 9.74. The lowest BCUT2D eigenvalue weighted by molar-refractivity contribution is 0.142. The van der Waals surface area contributed by atoms with Crippen LogP contribution in [0.25, 0.3) is 0 Å². The van der Waals surface area contributed by atoms with Crippen LogP contribution in [0, 0.1) is 0 Å². The lowest BCUT2D eigenvalue weighted by atomic mass is 9.97. The molecule has 1 aromatic rings. The van der Waals surface area contributed by atoms with E-state index >= 15 is 0 Å². The highest BCUT2D eigenvalue weighted by Gasteiger charge is 2.35. The minimum absolute atomic E-state index is 0.788. The smallest absolute Gasteiger partial charge is 0.0522 e. The second-order valence-corrected chi connectivity index (χ2v) is 6.57.